The Morgan fingerprint density at radius 2 is 2.44 bits per heavy atom. The summed E-state index contributed by atoms with van der Waals surface area (Å²) in [5.41, 5.74) is 2.46. The van der Waals surface area contributed by atoms with Crippen molar-refractivity contribution in [3.63, 3.8) is 0 Å². The molecular weight excluding hydrogens is 112 g/mol. The van der Waals surface area contributed by atoms with E-state index in [9.17, 15) is 4.79 Å². The maximum Gasteiger partial charge on any atom is 0.143 e. The van der Waals surface area contributed by atoms with Gasteiger partial charge in [-0.15, -0.1) is 0 Å². The molecule has 1 nitrogen and oxygen atoms in total. The molecule has 1 aliphatic rings. The highest BCUT2D eigenvalue weighted by molar-refractivity contribution is 5.68. The first-order chi connectivity index (χ1) is 4.34. The molecule has 0 saturated carbocycles. The minimum atomic E-state index is 0.859. The molecule has 9 heavy (non-hydrogen) atoms. The summed E-state index contributed by atoms with van der Waals surface area (Å²) in [4.78, 5) is 10.0. The van der Waals surface area contributed by atoms with E-state index >= 15 is 0 Å². The van der Waals surface area contributed by atoms with Crippen molar-refractivity contribution in [2.45, 2.75) is 19.8 Å². The fraction of sp³-hybridized carbons (Fsp3) is 0.375. The number of allylic oxidation sites excluding steroid dienone is 4. The van der Waals surface area contributed by atoms with Gasteiger partial charge in [-0.1, -0.05) is 11.6 Å². The Labute approximate surface area is 55.1 Å². The van der Waals surface area contributed by atoms with Crippen molar-refractivity contribution < 1.29 is 4.79 Å². The third-order valence-electron chi connectivity index (χ3n) is 1.64. The zero-order chi connectivity index (χ0) is 6.69. The summed E-state index contributed by atoms with van der Waals surface area (Å²) in [6, 6.07) is 0. The maximum absolute atomic E-state index is 10.0. The molecule has 0 saturated heterocycles. The van der Waals surface area contributed by atoms with Gasteiger partial charge in [0.2, 0.25) is 0 Å². The van der Waals surface area contributed by atoms with Crippen LogP contribution in [0.5, 0.6) is 0 Å². The number of aldehydes is 1. The minimum absolute atomic E-state index is 0.859. The van der Waals surface area contributed by atoms with Gasteiger partial charge < -0.3 is 0 Å². The zero-order valence-electron chi connectivity index (χ0n) is 5.55. The van der Waals surface area contributed by atoms with Gasteiger partial charge >= 0.3 is 0 Å². The Morgan fingerprint density at radius 1 is 1.67 bits per heavy atom. The molecule has 0 aliphatic heterocycles. The minimum Gasteiger partial charge on any atom is -0.299 e. The van der Waals surface area contributed by atoms with E-state index in [0.717, 1.165) is 19.1 Å². The Hall–Kier alpha value is -0.850. The molecule has 0 radical (unpaired) electrons. The van der Waals surface area contributed by atoms with Crippen molar-refractivity contribution >= 4 is 6.29 Å². The molecule has 0 atom stereocenters. The van der Waals surface area contributed by atoms with Crippen molar-refractivity contribution in [2.75, 3.05) is 0 Å². The summed E-state index contributed by atoms with van der Waals surface area (Å²) in [6.45, 7) is 2.04. The van der Waals surface area contributed by atoms with Gasteiger partial charge in [0.15, 0.2) is 0 Å². The molecule has 0 fully saturated rings. The van der Waals surface area contributed by atoms with Gasteiger partial charge in [-0.2, -0.15) is 0 Å². The first-order valence-corrected chi connectivity index (χ1v) is 3.16. The van der Waals surface area contributed by atoms with Crippen molar-refractivity contribution in [3.05, 3.63) is 23.3 Å². The van der Waals surface area contributed by atoms with Gasteiger partial charge in [0.1, 0.15) is 6.29 Å². The lowest BCUT2D eigenvalue weighted by Gasteiger charge is -1.92. The predicted molar refractivity (Wildman–Crippen MR) is 37.1 cm³/mol. The normalized spacial score (nSPS) is 22.3. The largest absolute Gasteiger partial charge is 0.299 e. The van der Waals surface area contributed by atoms with E-state index in [-0.39, 0.29) is 0 Å². The van der Waals surface area contributed by atoms with Gasteiger partial charge in [0, 0.05) is 0 Å². The topological polar surface area (TPSA) is 17.1 Å². The average Bonchev–Trinajstić information content (AvgIpc) is 2.18. The monoisotopic (exact) mass is 122 g/mol. The predicted octanol–water partition coefficient (Wildman–Crippen LogP) is 1.85. The maximum atomic E-state index is 10.0. The lowest BCUT2D eigenvalue weighted by atomic mass is 10.1. The zero-order valence-corrected chi connectivity index (χ0v) is 5.55. The Balaban J connectivity index is 2.73. The Kier molecular flexibility index (Phi) is 1.83. The van der Waals surface area contributed by atoms with Gasteiger partial charge in [0.05, 0.1) is 0 Å². The van der Waals surface area contributed by atoms with Crippen LogP contribution in [0.25, 0.3) is 0 Å². The lowest BCUT2D eigenvalue weighted by molar-refractivity contribution is -0.104. The average molecular weight is 122 g/mol. The lowest BCUT2D eigenvalue weighted by Crippen LogP contribution is -1.77. The van der Waals surface area contributed by atoms with Crippen molar-refractivity contribution in [1.82, 2.24) is 0 Å². The Morgan fingerprint density at radius 3 is 2.89 bits per heavy atom. The van der Waals surface area contributed by atoms with Gasteiger partial charge in [0.25, 0.3) is 0 Å². The summed E-state index contributed by atoms with van der Waals surface area (Å²) in [7, 11) is 0. The molecule has 0 aromatic heterocycles. The molecule has 0 amide bonds. The second kappa shape index (κ2) is 2.62. The molecule has 48 valence electrons. The third kappa shape index (κ3) is 1.28. The highest BCUT2D eigenvalue weighted by atomic mass is 16.1. The van der Waals surface area contributed by atoms with Crippen molar-refractivity contribution in [3.8, 4) is 0 Å². The number of hydrogen-bond donors (Lipinski definition) is 0. The molecule has 0 aromatic rings. The van der Waals surface area contributed by atoms with Crippen LogP contribution in [-0.2, 0) is 4.79 Å². The first kappa shape index (κ1) is 6.27. The summed E-state index contributed by atoms with van der Waals surface area (Å²) >= 11 is 0. The van der Waals surface area contributed by atoms with Crippen LogP contribution in [0.3, 0.4) is 0 Å². The third-order valence-corrected chi connectivity index (χ3v) is 1.64. The van der Waals surface area contributed by atoms with E-state index in [1.54, 1.807) is 6.08 Å². The Bertz CT molecular complexity index is 175. The van der Waals surface area contributed by atoms with Gasteiger partial charge in [-0.25, -0.2) is 0 Å². The first-order valence-electron chi connectivity index (χ1n) is 3.16. The second-order valence-electron chi connectivity index (χ2n) is 2.25. The van der Waals surface area contributed by atoms with Crippen LogP contribution in [0, 0.1) is 0 Å². The number of rotatable bonds is 1. The van der Waals surface area contributed by atoms with Gasteiger partial charge in [-0.3, -0.25) is 4.79 Å². The molecular formula is C8H10O. The molecule has 0 aromatic carbocycles. The number of hydrogen-bond acceptors (Lipinski definition) is 1. The van der Waals surface area contributed by atoms with Crippen LogP contribution in [0.4, 0.5) is 0 Å². The molecule has 1 rings (SSSR count). The number of carbonyl (C=O) groups is 1. The molecule has 0 heterocycles. The summed E-state index contributed by atoms with van der Waals surface area (Å²) in [5, 5.41) is 0. The van der Waals surface area contributed by atoms with Crippen LogP contribution in [-0.4, -0.2) is 6.29 Å². The molecule has 0 spiro atoms. The summed E-state index contributed by atoms with van der Waals surface area (Å²) in [6.07, 6.45) is 6.82. The van der Waals surface area contributed by atoms with Gasteiger partial charge in [-0.05, 0) is 31.4 Å². The molecule has 0 N–H and O–H groups in total. The summed E-state index contributed by atoms with van der Waals surface area (Å²) in [5.74, 6) is 0. The van der Waals surface area contributed by atoms with E-state index in [1.807, 2.05) is 6.92 Å². The standard InChI is InChI=1S/C8H10O/c1-7-3-2-4-8(7)5-6-9/h3,5-6H,2,4H2,1H3/b8-5+. The summed E-state index contributed by atoms with van der Waals surface area (Å²) < 4.78 is 0. The molecule has 0 unspecified atom stereocenters. The van der Waals surface area contributed by atoms with E-state index in [2.05, 4.69) is 6.08 Å². The van der Waals surface area contributed by atoms with Crippen LogP contribution in [0.2, 0.25) is 0 Å². The SMILES string of the molecule is CC1=CCC/C1=C\C=O. The highest BCUT2D eigenvalue weighted by Gasteiger charge is 2.04. The molecule has 1 aliphatic carbocycles. The van der Waals surface area contributed by atoms with E-state index in [1.165, 1.54) is 11.1 Å². The number of carbonyl (C=O) groups excluding carboxylic acids is 1. The highest BCUT2D eigenvalue weighted by Crippen LogP contribution is 2.22. The fourth-order valence-electron chi connectivity index (χ4n) is 1.07. The molecule has 0 bridgehead atoms. The smallest absolute Gasteiger partial charge is 0.143 e. The van der Waals surface area contributed by atoms with Crippen molar-refractivity contribution in [2.24, 2.45) is 0 Å². The van der Waals surface area contributed by atoms with E-state index in [4.69, 9.17) is 0 Å². The van der Waals surface area contributed by atoms with Crippen molar-refractivity contribution in [1.29, 1.82) is 0 Å². The van der Waals surface area contributed by atoms with E-state index < -0.39 is 0 Å². The van der Waals surface area contributed by atoms with Crippen LogP contribution in [0.15, 0.2) is 23.3 Å². The van der Waals surface area contributed by atoms with Crippen LogP contribution in [0.1, 0.15) is 19.8 Å². The second-order valence-corrected chi connectivity index (χ2v) is 2.25. The fourth-order valence-corrected chi connectivity index (χ4v) is 1.07. The molecule has 1 heteroatoms. The van der Waals surface area contributed by atoms with Crippen LogP contribution >= 0.6 is 0 Å². The quantitative estimate of drug-likeness (QED) is 0.383. The van der Waals surface area contributed by atoms with Crippen LogP contribution < -0.4 is 0 Å². The van der Waals surface area contributed by atoms with E-state index in [0.29, 0.717) is 0 Å².